The minimum absolute atomic E-state index is 0.641. The van der Waals surface area contributed by atoms with Crippen LogP contribution in [0.5, 0.6) is 0 Å². The molecular formula is C19H30N6S4. The number of hydrogen-bond donors (Lipinski definition) is 0. The molecule has 0 N–H and O–H groups in total. The van der Waals surface area contributed by atoms with Crippen LogP contribution in [-0.4, -0.2) is 98.8 Å². The Kier molecular flexibility index (Phi) is 12.2. The van der Waals surface area contributed by atoms with E-state index in [0.29, 0.717) is 12.8 Å². The normalized spacial score (nSPS) is 18.3. The SMILES string of the molecule is N#CCCCN1CCN(C(=S)SCSC(=S)N2CCN(CCCC#N)CC2)CC1. The van der Waals surface area contributed by atoms with Gasteiger partial charge in [0.2, 0.25) is 0 Å². The van der Waals surface area contributed by atoms with Gasteiger partial charge in [-0.25, -0.2) is 0 Å². The van der Waals surface area contributed by atoms with Gasteiger partial charge >= 0.3 is 0 Å². The first-order valence-electron chi connectivity index (χ1n) is 10.2. The summed E-state index contributed by atoms with van der Waals surface area (Å²) in [6.07, 6.45) is 3.19. The van der Waals surface area contributed by atoms with Crippen molar-refractivity contribution in [3.8, 4) is 12.1 Å². The van der Waals surface area contributed by atoms with E-state index in [0.717, 1.165) is 92.0 Å². The average molecular weight is 471 g/mol. The number of piperazine rings is 2. The highest BCUT2D eigenvalue weighted by Gasteiger charge is 2.21. The molecule has 29 heavy (non-hydrogen) atoms. The molecule has 0 saturated carbocycles. The van der Waals surface area contributed by atoms with Gasteiger partial charge in [0.1, 0.15) is 8.64 Å². The summed E-state index contributed by atoms with van der Waals surface area (Å²) in [4.78, 5) is 9.44. The van der Waals surface area contributed by atoms with Gasteiger partial charge in [-0.15, -0.1) is 0 Å². The van der Waals surface area contributed by atoms with Gasteiger partial charge in [-0.1, -0.05) is 48.0 Å². The highest BCUT2D eigenvalue weighted by atomic mass is 32.2. The number of hydrogen-bond acceptors (Lipinski definition) is 8. The van der Waals surface area contributed by atoms with Crippen molar-refractivity contribution in [2.24, 2.45) is 0 Å². The summed E-state index contributed by atoms with van der Waals surface area (Å²) in [5, 5.41) is 18.2. The van der Waals surface area contributed by atoms with E-state index in [9.17, 15) is 0 Å². The van der Waals surface area contributed by atoms with Crippen LogP contribution in [-0.2, 0) is 0 Å². The Morgan fingerprint density at radius 1 is 0.690 bits per heavy atom. The second-order valence-electron chi connectivity index (χ2n) is 7.12. The van der Waals surface area contributed by atoms with Gasteiger partial charge in [0.05, 0.1) is 17.2 Å². The van der Waals surface area contributed by atoms with Crippen molar-refractivity contribution < 1.29 is 0 Å². The Labute approximate surface area is 194 Å². The van der Waals surface area contributed by atoms with Crippen LogP contribution in [0.4, 0.5) is 0 Å². The smallest absolute Gasteiger partial charge is 0.137 e. The molecule has 0 aromatic rings. The molecule has 0 amide bonds. The largest absolute Gasteiger partial charge is 0.355 e. The third-order valence-corrected chi connectivity index (χ3v) is 8.33. The fourth-order valence-corrected chi connectivity index (χ4v) is 6.39. The van der Waals surface area contributed by atoms with Crippen LogP contribution in [0.3, 0.4) is 0 Å². The zero-order valence-corrected chi connectivity index (χ0v) is 20.2. The number of rotatable bonds is 8. The molecule has 0 aromatic heterocycles. The van der Waals surface area contributed by atoms with E-state index in [1.54, 1.807) is 23.5 Å². The quantitative estimate of drug-likeness (QED) is 0.301. The molecular weight excluding hydrogens is 441 g/mol. The van der Waals surface area contributed by atoms with E-state index >= 15 is 0 Å². The summed E-state index contributed by atoms with van der Waals surface area (Å²) < 4.78 is 1.94. The van der Waals surface area contributed by atoms with Crippen molar-refractivity contribution in [2.75, 3.05) is 70.5 Å². The molecule has 2 fully saturated rings. The van der Waals surface area contributed by atoms with Crippen molar-refractivity contribution in [3.05, 3.63) is 0 Å². The van der Waals surface area contributed by atoms with Gasteiger partial charge < -0.3 is 9.80 Å². The van der Waals surface area contributed by atoms with Crippen LogP contribution in [0, 0.1) is 22.7 Å². The molecule has 0 spiro atoms. The maximum atomic E-state index is 8.64. The molecule has 0 atom stereocenters. The lowest BCUT2D eigenvalue weighted by atomic mass is 10.2. The van der Waals surface area contributed by atoms with Crippen molar-refractivity contribution in [1.29, 1.82) is 10.5 Å². The number of nitrogens with zero attached hydrogens (tertiary/aromatic N) is 6. The van der Waals surface area contributed by atoms with E-state index < -0.39 is 0 Å². The Bertz CT molecular complexity index is 549. The number of unbranched alkanes of at least 4 members (excludes halogenated alkanes) is 2. The molecule has 0 aliphatic carbocycles. The van der Waals surface area contributed by atoms with Crippen molar-refractivity contribution in [3.63, 3.8) is 0 Å². The summed E-state index contributed by atoms with van der Waals surface area (Å²) in [6, 6.07) is 4.42. The zero-order valence-electron chi connectivity index (χ0n) is 16.9. The molecule has 0 unspecified atom stereocenters. The van der Waals surface area contributed by atoms with Gasteiger partial charge in [-0.2, -0.15) is 10.5 Å². The molecule has 2 heterocycles. The second-order valence-corrected chi connectivity index (χ2v) is 10.7. The summed E-state index contributed by atoms with van der Waals surface area (Å²) in [5.41, 5.74) is 0. The molecule has 0 bridgehead atoms. The van der Waals surface area contributed by atoms with E-state index in [-0.39, 0.29) is 0 Å². The predicted molar refractivity (Wildman–Crippen MR) is 131 cm³/mol. The number of nitriles is 2. The van der Waals surface area contributed by atoms with Crippen molar-refractivity contribution in [2.45, 2.75) is 25.7 Å². The Morgan fingerprint density at radius 2 is 1.07 bits per heavy atom. The second kappa shape index (κ2) is 14.4. The first-order chi connectivity index (χ1) is 14.1. The Hall–Kier alpha value is -0.620. The fraction of sp³-hybridized carbons (Fsp3) is 0.789. The highest BCUT2D eigenvalue weighted by Crippen LogP contribution is 2.21. The molecule has 0 radical (unpaired) electrons. The lowest BCUT2D eigenvalue weighted by Gasteiger charge is -2.36. The Balaban J connectivity index is 1.56. The molecule has 2 rings (SSSR count). The lowest BCUT2D eigenvalue weighted by Crippen LogP contribution is -2.48. The number of thiocarbonyl (C=S) groups is 2. The zero-order chi connectivity index (χ0) is 20.9. The molecule has 6 nitrogen and oxygen atoms in total. The van der Waals surface area contributed by atoms with Gasteiger partial charge in [0, 0.05) is 65.2 Å². The van der Waals surface area contributed by atoms with Crippen molar-refractivity contribution in [1.82, 2.24) is 19.6 Å². The maximum Gasteiger partial charge on any atom is 0.137 e. The number of thioether (sulfide) groups is 2. The van der Waals surface area contributed by atoms with Gasteiger partial charge in [0.25, 0.3) is 0 Å². The van der Waals surface area contributed by atoms with E-state index in [2.05, 4.69) is 31.7 Å². The molecule has 2 aliphatic heterocycles. The molecule has 160 valence electrons. The first kappa shape index (κ1) is 24.6. The molecule has 2 aliphatic rings. The van der Waals surface area contributed by atoms with Crippen LogP contribution in [0.1, 0.15) is 25.7 Å². The van der Waals surface area contributed by atoms with Gasteiger partial charge in [0.15, 0.2) is 0 Å². The van der Waals surface area contributed by atoms with Gasteiger partial charge in [-0.05, 0) is 25.9 Å². The summed E-state index contributed by atoms with van der Waals surface area (Å²) in [6.45, 7) is 10.0. The van der Waals surface area contributed by atoms with E-state index in [4.69, 9.17) is 35.0 Å². The van der Waals surface area contributed by atoms with Crippen LogP contribution >= 0.6 is 48.0 Å². The Morgan fingerprint density at radius 3 is 1.41 bits per heavy atom. The first-order valence-corrected chi connectivity index (χ1v) is 12.9. The summed E-state index contributed by atoms with van der Waals surface area (Å²) >= 11 is 14.7. The standard InChI is InChI=1S/C19H30N6S4/c20-5-1-3-7-22-9-13-24(14-10-22)18(26)28-17-29-19(27)25-15-11-23(12-16-25)8-4-2-6-21/h1-4,7-17H2. The fourth-order valence-electron chi connectivity index (χ4n) is 3.38. The van der Waals surface area contributed by atoms with Crippen LogP contribution < -0.4 is 0 Å². The van der Waals surface area contributed by atoms with Crippen LogP contribution in [0.25, 0.3) is 0 Å². The maximum absolute atomic E-state index is 8.64. The monoisotopic (exact) mass is 470 g/mol. The third kappa shape index (κ3) is 9.37. The average Bonchev–Trinajstić information content (AvgIpc) is 2.75. The molecule has 0 aromatic carbocycles. The van der Waals surface area contributed by atoms with Crippen molar-refractivity contribution >= 4 is 56.6 Å². The minimum atomic E-state index is 0.641. The topological polar surface area (TPSA) is 60.5 Å². The summed E-state index contributed by atoms with van der Waals surface area (Å²) in [7, 11) is 0. The summed E-state index contributed by atoms with van der Waals surface area (Å²) in [5.74, 6) is 0. The highest BCUT2D eigenvalue weighted by molar-refractivity contribution is 8.35. The minimum Gasteiger partial charge on any atom is -0.355 e. The molecule has 10 heteroatoms. The van der Waals surface area contributed by atoms with E-state index in [1.165, 1.54) is 0 Å². The van der Waals surface area contributed by atoms with Gasteiger partial charge in [-0.3, -0.25) is 9.80 Å². The van der Waals surface area contributed by atoms with Crippen LogP contribution in [0.2, 0.25) is 0 Å². The molecule has 2 saturated heterocycles. The lowest BCUT2D eigenvalue weighted by molar-refractivity contribution is 0.184. The van der Waals surface area contributed by atoms with Crippen LogP contribution in [0.15, 0.2) is 0 Å². The van der Waals surface area contributed by atoms with E-state index in [1.807, 2.05) is 0 Å². The predicted octanol–water partition coefficient (Wildman–Crippen LogP) is 2.82. The third-order valence-electron chi connectivity index (χ3n) is 5.15.